The van der Waals surface area contributed by atoms with E-state index in [9.17, 15) is 30.7 Å². The largest absolute Gasteiger partial charge is 0.416 e. The predicted octanol–water partition coefficient (Wildman–Crippen LogP) is 6.56. The van der Waals surface area contributed by atoms with Crippen molar-refractivity contribution in [2.24, 2.45) is 0 Å². The molecule has 29 heavy (non-hydrogen) atoms. The van der Waals surface area contributed by atoms with E-state index in [1.807, 2.05) is 4.90 Å². The highest BCUT2D eigenvalue weighted by Gasteiger charge is 2.33. The third kappa shape index (κ3) is 5.50. The molecule has 3 rings (SSSR count). The van der Waals surface area contributed by atoms with Gasteiger partial charge in [0, 0.05) is 24.2 Å². The molecule has 0 radical (unpaired) electrons. The Bertz CT molecular complexity index is 813. The van der Waals surface area contributed by atoms with Gasteiger partial charge in [-0.1, -0.05) is 24.3 Å². The Hall–Kier alpha value is -2.09. The zero-order chi connectivity index (χ0) is 21.2. The number of halogens is 7. The van der Waals surface area contributed by atoms with Crippen LogP contribution in [0.3, 0.4) is 0 Å². The Kier molecular flexibility index (Phi) is 6.22. The molecule has 0 amide bonds. The first-order valence-corrected chi connectivity index (χ1v) is 9.26. The van der Waals surface area contributed by atoms with E-state index in [2.05, 4.69) is 0 Å². The van der Waals surface area contributed by atoms with E-state index in [-0.39, 0.29) is 18.0 Å². The minimum absolute atomic E-state index is 0.00858. The topological polar surface area (TPSA) is 3.24 Å². The van der Waals surface area contributed by atoms with Crippen molar-refractivity contribution >= 4 is 0 Å². The van der Waals surface area contributed by atoms with Crippen LogP contribution in [-0.2, 0) is 6.18 Å². The molecule has 1 heterocycles. The van der Waals surface area contributed by atoms with Crippen LogP contribution in [0, 0.1) is 0 Å². The molecule has 0 bridgehead atoms. The van der Waals surface area contributed by atoms with Crippen LogP contribution in [0.5, 0.6) is 0 Å². The summed E-state index contributed by atoms with van der Waals surface area (Å²) < 4.78 is 91.0. The smallest absolute Gasteiger partial charge is 0.298 e. The quantitative estimate of drug-likeness (QED) is 0.502. The van der Waals surface area contributed by atoms with Crippen LogP contribution < -0.4 is 0 Å². The number of rotatable bonds is 3. The van der Waals surface area contributed by atoms with E-state index in [4.69, 9.17) is 0 Å². The Morgan fingerprint density at radius 2 is 1.62 bits per heavy atom. The van der Waals surface area contributed by atoms with Crippen molar-refractivity contribution in [3.63, 3.8) is 0 Å². The molecule has 0 spiro atoms. The van der Waals surface area contributed by atoms with Gasteiger partial charge in [0.2, 0.25) is 0 Å². The number of allylic oxidation sites excluding steroid dienone is 4. The summed E-state index contributed by atoms with van der Waals surface area (Å²) in [5.41, 5.74) is -0.564. The normalized spacial score (nSPS) is 21.9. The molecule has 1 aromatic rings. The minimum Gasteiger partial charge on any atom is -0.298 e. The molecule has 0 aromatic heterocycles. The molecule has 1 unspecified atom stereocenters. The maximum atomic E-state index is 14.3. The van der Waals surface area contributed by atoms with E-state index in [1.54, 1.807) is 0 Å². The number of nitrogens with zero attached hydrogens (tertiary/aromatic N) is 1. The molecule has 0 saturated carbocycles. The van der Waals surface area contributed by atoms with Crippen LogP contribution in [0.25, 0.3) is 0 Å². The average Bonchev–Trinajstić information content (AvgIpc) is 2.83. The third-order valence-electron chi connectivity index (χ3n) is 5.27. The van der Waals surface area contributed by atoms with Gasteiger partial charge in [-0.15, -0.1) is 0 Å². The third-order valence-corrected chi connectivity index (χ3v) is 5.27. The number of piperidine rings is 1. The van der Waals surface area contributed by atoms with E-state index >= 15 is 0 Å². The number of alkyl halides is 6. The summed E-state index contributed by atoms with van der Waals surface area (Å²) in [4.78, 5) is 1.93. The van der Waals surface area contributed by atoms with Crippen molar-refractivity contribution in [2.75, 3.05) is 19.6 Å². The fraction of sp³-hybridized carbons (Fsp3) is 0.429. The van der Waals surface area contributed by atoms with Crippen LogP contribution in [0.2, 0.25) is 0 Å². The summed E-state index contributed by atoms with van der Waals surface area (Å²) in [6, 6.07) is 5.02. The van der Waals surface area contributed by atoms with Gasteiger partial charge in [-0.05, 0) is 55.5 Å². The van der Waals surface area contributed by atoms with Crippen molar-refractivity contribution in [2.45, 2.75) is 37.5 Å². The van der Waals surface area contributed by atoms with Gasteiger partial charge in [-0.3, -0.25) is 4.90 Å². The Morgan fingerprint density at radius 3 is 2.24 bits per heavy atom. The zero-order valence-corrected chi connectivity index (χ0v) is 15.5. The number of hydrogen-bond acceptors (Lipinski definition) is 1. The second-order valence-electron chi connectivity index (χ2n) is 7.33. The highest BCUT2D eigenvalue weighted by Crippen LogP contribution is 2.34. The first-order valence-electron chi connectivity index (χ1n) is 9.26. The molecule has 1 fully saturated rings. The van der Waals surface area contributed by atoms with Crippen molar-refractivity contribution in [1.82, 2.24) is 4.90 Å². The predicted molar refractivity (Wildman–Crippen MR) is 95.9 cm³/mol. The van der Waals surface area contributed by atoms with Gasteiger partial charge < -0.3 is 0 Å². The second-order valence-corrected chi connectivity index (χ2v) is 7.33. The molecule has 1 aliphatic heterocycles. The molecule has 1 aliphatic carbocycles. The van der Waals surface area contributed by atoms with Crippen molar-refractivity contribution < 1.29 is 30.7 Å². The molecule has 1 atom stereocenters. The standard InChI is InChI=1S/C21H20F7N/c22-19-10-9-18(21(26,27)28)8-5-16(19)13-29-11-1-2-15(12-29)14-3-6-17(7-4-14)20(23,24)25/h3-8,10,15H,1-2,9,11-13H2. The fourth-order valence-electron chi connectivity index (χ4n) is 3.67. The van der Waals surface area contributed by atoms with Gasteiger partial charge in [-0.2, -0.15) is 26.3 Å². The summed E-state index contributed by atoms with van der Waals surface area (Å²) in [6.45, 7) is 1.31. The molecule has 1 aromatic carbocycles. The molecule has 0 N–H and O–H groups in total. The first kappa shape index (κ1) is 21.6. The zero-order valence-electron chi connectivity index (χ0n) is 15.5. The molecule has 2 aliphatic rings. The van der Waals surface area contributed by atoms with E-state index in [0.29, 0.717) is 13.1 Å². The average molecular weight is 419 g/mol. The monoisotopic (exact) mass is 419 g/mol. The molecular weight excluding hydrogens is 399 g/mol. The molecule has 8 heteroatoms. The summed E-state index contributed by atoms with van der Waals surface area (Å²) in [5.74, 6) is -0.678. The van der Waals surface area contributed by atoms with E-state index in [0.717, 1.165) is 42.7 Å². The highest BCUT2D eigenvalue weighted by atomic mass is 19.4. The molecule has 1 saturated heterocycles. The van der Waals surface area contributed by atoms with Gasteiger partial charge in [-0.25, -0.2) is 4.39 Å². The van der Waals surface area contributed by atoms with Crippen LogP contribution in [0.15, 0.2) is 59.5 Å². The summed E-state index contributed by atoms with van der Waals surface area (Å²) in [7, 11) is 0. The summed E-state index contributed by atoms with van der Waals surface area (Å²) >= 11 is 0. The lowest BCUT2D eigenvalue weighted by Gasteiger charge is -2.33. The van der Waals surface area contributed by atoms with Gasteiger partial charge in [0.1, 0.15) is 5.83 Å². The van der Waals surface area contributed by atoms with Crippen LogP contribution >= 0.6 is 0 Å². The molecular formula is C21H20F7N. The second kappa shape index (κ2) is 8.34. The maximum absolute atomic E-state index is 14.3. The van der Waals surface area contributed by atoms with Crippen LogP contribution in [0.4, 0.5) is 30.7 Å². The van der Waals surface area contributed by atoms with Crippen molar-refractivity contribution in [1.29, 1.82) is 0 Å². The first-order chi connectivity index (χ1) is 13.5. The van der Waals surface area contributed by atoms with Crippen LogP contribution in [0.1, 0.15) is 36.3 Å². The fourth-order valence-corrected chi connectivity index (χ4v) is 3.67. The number of hydrogen-bond donors (Lipinski definition) is 0. The summed E-state index contributed by atoms with van der Waals surface area (Å²) in [6.07, 6.45) is -4.82. The molecule has 1 nitrogen and oxygen atoms in total. The number of benzene rings is 1. The maximum Gasteiger partial charge on any atom is 0.416 e. The SMILES string of the molecule is FC1=CCC(C(F)(F)F)=CC=C1CN1CCCC(c2ccc(C(F)(F)F)cc2)C1. The Labute approximate surface area is 164 Å². The lowest BCUT2D eigenvalue weighted by molar-refractivity contribution is -0.137. The van der Waals surface area contributed by atoms with Gasteiger partial charge in [0.25, 0.3) is 0 Å². The molecule has 158 valence electrons. The van der Waals surface area contributed by atoms with Crippen LogP contribution in [-0.4, -0.2) is 30.7 Å². The van der Waals surface area contributed by atoms with Gasteiger partial charge >= 0.3 is 12.4 Å². The van der Waals surface area contributed by atoms with E-state index in [1.165, 1.54) is 18.2 Å². The summed E-state index contributed by atoms with van der Waals surface area (Å²) in [5, 5.41) is 0. The van der Waals surface area contributed by atoms with Crippen molar-refractivity contribution in [3.8, 4) is 0 Å². The lowest BCUT2D eigenvalue weighted by Crippen LogP contribution is -2.35. The van der Waals surface area contributed by atoms with Gasteiger partial charge in [0.05, 0.1) is 5.56 Å². The minimum atomic E-state index is -4.50. The van der Waals surface area contributed by atoms with Gasteiger partial charge in [0.15, 0.2) is 0 Å². The Morgan fingerprint density at radius 1 is 0.931 bits per heavy atom. The van der Waals surface area contributed by atoms with Crippen molar-refractivity contribution in [3.05, 3.63) is 70.6 Å². The highest BCUT2D eigenvalue weighted by molar-refractivity contribution is 5.37. The Balaban J connectivity index is 1.69. The van der Waals surface area contributed by atoms with E-state index < -0.39 is 35.7 Å². The number of likely N-dealkylation sites (tertiary alicyclic amines) is 1. The lowest BCUT2D eigenvalue weighted by atomic mass is 9.90.